The standard InChI is InChI=1S/C38H41F2NO5/c1-41(34-25-30(27-12-16-32(39)17-13-27)24-31(26-34)28-14-18-33(40)19-15-28)22-5-3-2-4-8-29-9-6-10-36(35(29)20-21-38(44)45)46-23-7-11-37(42)43/h6,9-10,12-19,24-26H,2-5,7-8,11,20-23H2,1H3,(H,42,43)(H,44,45). The summed E-state index contributed by atoms with van der Waals surface area (Å²) in [6.45, 7) is 1.10. The first kappa shape index (κ1) is 34.2. The van der Waals surface area contributed by atoms with Crippen LogP contribution in [0.2, 0.25) is 0 Å². The lowest BCUT2D eigenvalue weighted by Crippen LogP contribution is -2.18. The van der Waals surface area contributed by atoms with Crippen molar-refractivity contribution in [3.63, 3.8) is 0 Å². The Bertz CT molecular complexity index is 1520. The molecular formula is C38H41F2NO5. The molecule has 0 aromatic heterocycles. The van der Waals surface area contributed by atoms with E-state index in [-0.39, 0.29) is 31.1 Å². The van der Waals surface area contributed by atoms with Crippen molar-refractivity contribution in [3.05, 3.63) is 108 Å². The number of carboxylic acid groups (broad SMARTS) is 2. The fourth-order valence-corrected chi connectivity index (χ4v) is 5.50. The maximum Gasteiger partial charge on any atom is 0.303 e. The Morgan fingerprint density at radius 1 is 0.674 bits per heavy atom. The Labute approximate surface area is 269 Å². The third-order valence-electron chi connectivity index (χ3n) is 8.01. The Hall–Kier alpha value is -4.72. The van der Waals surface area contributed by atoms with E-state index < -0.39 is 11.9 Å². The molecule has 0 radical (unpaired) electrons. The molecule has 0 aliphatic rings. The average molecular weight is 630 g/mol. The van der Waals surface area contributed by atoms with E-state index in [2.05, 4.69) is 24.1 Å². The van der Waals surface area contributed by atoms with Gasteiger partial charge in [0.2, 0.25) is 0 Å². The van der Waals surface area contributed by atoms with Crippen LogP contribution in [-0.4, -0.2) is 42.4 Å². The van der Waals surface area contributed by atoms with Crippen molar-refractivity contribution in [1.29, 1.82) is 0 Å². The second kappa shape index (κ2) is 17.1. The highest BCUT2D eigenvalue weighted by atomic mass is 19.1. The molecule has 0 aliphatic heterocycles. The summed E-state index contributed by atoms with van der Waals surface area (Å²) in [6.07, 6.45) is 5.52. The molecule has 0 heterocycles. The zero-order valence-electron chi connectivity index (χ0n) is 26.2. The van der Waals surface area contributed by atoms with Crippen LogP contribution in [0.1, 0.15) is 56.1 Å². The van der Waals surface area contributed by atoms with Crippen LogP contribution in [0.5, 0.6) is 5.75 Å². The van der Waals surface area contributed by atoms with Gasteiger partial charge in [-0.05, 0) is 114 Å². The van der Waals surface area contributed by atoms with Gasteiger partial charge in [0.25, 0.3) is 0 Å². The summed E-state index contributed by atoms with van der Waals surface area (Å²) in [6, 6.07) is 24.8. The molecule has 0 unspecified atom stereocenters. The molecule has 6 nitrogen and oxygen atoms in total. The molecule has 0 saturated heterocycles. The van der Waals surface area contributed by atoms with E-state index in [1.165, 1.54) is 24.3 Å². The fourth-order valence-electron chi connectivity index (χ4n) is 5.50. The summed E-state index contributed by atoms with van der Waals surface area (Å²) in [5, 5.41) is 18.1. The van der Waals surface area contributed by atoms with Crippen LogP contribution in [0.15, 0.2) is 84.9 Å². The molecule has 4 aromatic rings. The minimum absolute atomic E-state index is 0.0000677. The van der Waals surface area contributed by atoms with Crippen LogP contribution >= 0.6 is 0 Å². The minimum Gasteiger partial charge on any atom is -0.493 e. The van der Waals surface area contributed by atoms with Crippen LogP contribution in [-0.2, 0) is 22.4 Å². The molecule has 242 valence electrons. The van der Waals surface area contributed by atoms with E-state index in [0.29, 0.717) is 18.6 Å². The average Bonchev–Trinajstić information content (AvgIpc) is 3.04. The van der Waals surface area contributed by atoms with Gasteiger partial charge < -0.3 is 19.8 Å². The van der Waals surface area contributed by atoms with Crippen LogP contribution in [0.4, 0.5) is 14.5 Å². The largest absolute Gasteiger partial charge is 0.493 e. The monoisotopic (exact) mass is 629 g/mol. The number of nitrogens with zero attached hydrogens (tertiary/aromatic N) is 1. The van der Waals surface area contributed by atoms with Gasteiger partial charge in [0, 0.05) is 32.1 Å². The Morgan fingerprint density at radius 3 is 1.85 bits per heavy atom. The van der Waals surface area contributed by atoms with Crippen LogP contribution in [0.3, 0.4) is 0 Å². The van der Waals surface area contributed by atoms with Crippen molar-refractivity contribution in [2.75, 3.05) is 25.1 Å². The number of ether oxygens (including phenoxy) is 1. The molecule has 4 rings (SSSR count). The van der Waals surface area contributed by atoms with E-state index >= 15 is 0 Å². The molecule has 4 aromatic carbocycles. The van der Waals surface area contributed by atoms with Crippen molar-refractivity contribution in [1.82, 2.24) is 0 Å². The number of rotatable bonds is 18. The maximum atomic E-state index is 13.6. The number of hydrogen-bond acceptors (Lipinski definition) is 4. The second-order valence-electron chi connectivity index (χ2n) is 11.5. The van der Waals surface area contributed by atoms with Gasteiger partial charge in [0.05, 0.1) is 6.61 Å². The highest BCUT2D eigenvalue weighted by molar-refractivity contribution is 5.78. The number of aliphatic carboxylic acids is 2. The topological polar surface area (TPSA) is 87.1 Å². The molecule has 0 atom stereocenters. The lowest BCUT2D eigenvalue weighted by Gasteiger charge is -2.22. The van der Waals surface area contributed by atoms with Gasteiger partial charge in [0.15, 0.2) is 0 Å². The zero-order chi connectivity index (χ0) is 32.9. The Morgan fingerprint density at radius 2 is 1.26 bits per heavy atom. The molecule has 46 heavy (non-hydrogen) atoms. The lowest BCUT2D eigenvalue weighted by atomic mass is 9.96. The van der Waals surface area contributed by atoms with Gasteiger partial charge in [-0.1, -0.05) is 49.2 Å². The maximum absolute atomic E-state index is 13.6. The van der Waals surface area contributed by atoms with Crippen molar-refractivity contribution in [3.8, 4) is 28.0 Å². The minimum atomic E-state index is -0.872. The van der Waals surface area contributed by atoms with E-state index in [1.807, 2.05) is 24.3 Å². The van der Waals surface area contributed by atoms with E-state index in [0.717, 1.165) is 77.7 Å². The molecule has 0 fully saturated rings. The quantitative estimate of drug-likeness (QED) is 0.107. The third-order valence-corrected chi connectivity index (χ3v) is 8.01. The lowest BCUT2D eigenvalue weighted by molar-refractivity contribution is -0.138. The SMILES string of the molecule is CN(CCCCCCc1cccc(OCCCC(=O)O)c1CCC(=O)O)c1cc(-c2ccc(F)cc2)cc(-c2ccc(F)cc2)c1. The molecule has 8 heteroatoms. The first-order valence-corrected chi connectivity index (χ1v) is 15.7. The smallest absolute Gasteiger partial charge is 0.303 e. The van der Waals surface area contributed by atoms with Crippen molar-refractivity contribution >= 4 is 17.6 Å². The Balaban J connectivity index is 1.35. The Kier molecular flexibility index (Phi) is 12.7. The number of aryl methyl sites for hydroxylation is 1. The molecule has 0 bridgehead atoms. The van der Waals surface area contributed by atoms with Gasteiger partial charge in [-0.3, -0.25) is 9.59 Å². The zero-order valence-corrected chi connectivity index (χ0v) is 26.2. The third kappa shape index (κ3) is 10.4. The highest BCUT2D eigenvalue weighted by Gasteiger charge is 2.13. The van der Waals surface area contributed by atoms with Crippen molar-refractivity contribution in [2.24, 2.45) is 0 Å². The van der Waals surface area contributed by atoms with Crippen LogP contribution in [0, 0.1) is 11.6 Å². The number of anilines is 1. The predicted octanol–water partition coefficient (Wildman–Crippen LogP) is 8.80. The number of benzene rings is 4. The first-order valence-electron chi connectivity index (χ1n) is 15.7. The summed E-state index contributed by atoms with van der Waals surface area (Å²) in [5.41, 5.74) is 6.68. The van der Waals surface area contributed by atoms with Crippen LogP contribution in [0.25, 0.3) is 22.3 Å². The number of halogens is 2. The van der Waals surface area contributed by atoms with Gasteiger partial charge >= 0.3 is 11.9 Å². The van der Waals surface area contributed by atoms with Crippen molar-refractivity contribution < 1.29 is 33.3 Å². The van der Waals surface area contributed by atoms with Crippen molar-refractivity contribution in [2.45, 2.75) is 57.8 Å². The van der Waals surface area contributed by atoms with E-state index in [1.54, 1.807) is 24.3 Å². The van der Waals surface area contributed by atoms with Gasteiger partial charge in [-0.2, -0.15) is 0 Å². The van der Waals surface area contributed by atoms with Crippen LogP contribution < -0.4 is 9.64 Å². The summed E-state index contributed by atoms with van der Waals surface area (Å²) >= 11 is 0. The van der Waals surface area contributed by atoms with Gasteiger partial charge in [0.1, 0.15) is 17.4 Å². The molecular weight excluding hydrogens is 588 g/mol. The fraction of sp³-hybridized carbons (Fsp3) is 0.316. The normalized spacial score (nSPS) is 10.9. The predicted molar refractivity (Wildman–Crippen MR) is 177 cm³/mol. The molecule has 0 aliphatic carbocycles. The number of carboxylic acids is 2. The molecule has 0 amide bonds. The number of carbonyl (C=O) groups is 2. The summed E-state index contributed by atoms with van der Waals surface area (Å²) in [7, 11) is 2.05. The summed E-state index contributed by atoms with van der Waals surface area (Å²) in [5.74, 6) is -1.69. The van der Waals surface area contributed by atoms with Gasteiger partial charge in [-0.25, -0.2) is 8.78 Å². The highest BCUT2D eigenvalue weighted by Crippen LogP contribution is 2.32. The molecule has 2 N–H and O–H groups in total. The first-order chi connectivity index (χ1) is 22.2. The number of hydrogen-bond donors (Lipinski definition) is 2. The second-order valence-corrected chi connectivity index (χ2v) is 11.5. The summed E-state index contributed by atoms with van der Waals surface area (Å²) in [4.78, 5) is 24.3. The molecule has 0 spiro atoms. The summed E-state index contributed by atoms with van der Waals surface area (Å²) < 4.78 is 33.1. The van der Waals surface area contributed by atoms with Gasteiger partial charge in [-0.15, -0.1) is 0 Å². The van der Waals surface area contributed by atoms with E-state index in [9.17, 15) is 23.5 Å². The number of unbranched alkanes of at least 4 members (excludes halogenated alkanes) is 3. The molecule has 0 saturated carbocycles. The van der Waals surface area contributed by atoms with E-state index in [4.69, 9.17) is 9.84 Å².